The molecule has 0 saturated carbocycles. The Hall–Kier alpha value is -8.73. The van der Waals surface area contributed by atoms with Crippen molar-refractivity contribution in [1.82, 2.24) is 15.0 Å². The summed E-state index contributed by atoms with van der Waals surface area (Å²) in [5.74, 6) is 0.497. The third-order valence-corrected chi connectivity index (χ3v) is 12.3. The van der Waals surface area contributed by atoms with Crippen LogP contribution in [0, 0.1) is 0 Å². The van der Waals surface area contributed by atoms with Crippen molar-refractivity contribution in [2.45, 2.75) is 0 Å². The molecule has 4 nitrogen and oxygen atoms in total. The summed E-state index contributed by atoms with van der Waals surface area (Å²) in [4.78, 5) is 15.3. The molecule has 302 valence electrons. The number of rotatable bonds is 6. The van der Waals surface area contributed by atoms with Gasteiger partial charge in [-0.2, -0.15) is 0 Å². The van der Waals surface area contributed by atoms with Crippen LogP contribution in [0.2, 0.25) is 0 Å². The lowest BCUT2D eigenvalue weighted by molar-refractivity contribution is 0.669. The summed E-state index contributed by atoms with van der Waals surface area (Å²) >= 11 is 0. The number of nitrogens with zero attached hydrogens (tertiary/aromatic N) is 3. The number of benzene rings is 11. The zero-order valence-electron chi connectivity index (χ0n) is 40.6. The lowest BCUT2D eigenvalue weighted by Crippen LogP contribution is -2.01. The second kappa shape index (κ2) is 15.0. The SMILES string of the molecule is [2H]c1c(-c2nc(-c3cccc(-c4cccc5oc6ccccc6c45)c3)nc(-c3cc(-c4cccc5ccccc45)c4ccccc4c3)n2)c([2H])c2c([2H])c([2H])c(-c3ccc4ccccc4c3)c([2H])c2c1[2H]. The second-order valence-electron chi connectivity index (χ2n) is 16.2. The van der Waals surface area contributed by atoms with Gasteiger partial charge in [-0.25, -0.2) is 15.0 Å². The van der Waals surface area contributed by atoms with Gasteiger partial charge in [-0.15, -0.1) is 0 Å². The number of para-hydroxylation sites is 1. The smallest absolute Gasteiger partial charge is 0.164 e. The number of hydrogen-bond donors (Lipinski definition) is 0. The van der Waals surface area contributed by atoms with E-state index in [0.717, 1.165) is 76.5 Å². The molecule has 0 aliphatic carbocycles. The van der Waals surface area contributed by atoms with Crippen molar-refractivity contribution in [2.75, 3.05) is 0 Å². The molecule has 0 spiro atoms. The van der Waals surface area contributed by atoms with E-state index in [2.05, 4.69) is 60.7 Å². The maximum absolute atomic E-state index is 9.79. The molecule has 65 heavy (non-hydrogen) atoms. The molecule has 0 aliphatic rings. The summed E-state index contributed by atoms with van der Waals surface area (Å²) in [7, 11) is 0. The minimum Gasteiger partial charge on any atom is -0.456 e. The Morgan fingerprint density at radius 3 is 1.72 bits per heavy atom. The largest absolute Gasteiger partial charge is 0.456 e. The number of hydrogen-bond acceptors (Lipinski definition) is 4. The van der Waals surface area contributed by atoms with Crippen LogP contribution < -0.4 is 0 Å². The molecule has 2 heterocycles. The van der Waals surface area contributed by atoms with E-state index in [-0.39, 0.29) is 75.6 Å². The predicted molar refractivity (Wildman–Crippen MR) is 270 cm³/mol. The van der Waals surface area contributed by atoms with Crippen molar-refractivity contribution < 1.29 is 12.6 Å². The molecule has 11 aromatic carbocycles. The van der Waals surface area contributed by atoms with Crippen molar-refractivity contribution in [3.05, 3.63) is 224 Å². The molecular weight excluding hydrogens is 791 g/mol. The van der Waals surface area contributed by atoms with E-state index in [1.807, 2.05) is 121 Å². The normalized spacial score (nSPS) is 13.0. The zero-order valence-corrected chi connectivity index (χ0v) is 34.6. The highest BCUT2D eigenvalue weighted by atomic mass is 16.3. The molecule has 0 aliphatic heterocycles. The van der Waals surface area contributed by atoms with Crippen LogP contribution in [-0.4, -0.2) is 15.0 Å². The van der Waals surface area contributed by atoms with Crippen molar-refractivity contribution in [1.29, 1.82) is 0 Å². The van der Waals surface area contributed by atoms with Gasteiger partial charge >= 0.3 is 0 Å². The van der Waals surface area contributed by atoms with Gasteiger partial charge in [0.05, 0.1) is 8.22 Å². The standard InChI is InChI=1S/C61H37N3O/c1-2-14-40-32-41(27-26-38(40)12-1)42-28-29-44-34-48(31-30-43(44)33-42)60-62-59(47-18-9-17-46(35-47)52-22-11-25-57-58(52)54-21-7-8-24-56(54)65-57)63-61(64-60)49-36-45-15-4-6-20-51(45)55(37-49)53-23-10-16-39-13-3-5-19-50(39)53/h1-37H/i28D,29D,30D,31D,33D,34D. The van der Waals surface area contributed by atoms with Gasteiger partial charge in [0, 0.05) is 27.5 Å². The van der Waals surface area contributed by atoms with E-state index in [4.69, 9.17) is 19.4 Å². The molecular formula is C61H37N3O. The van der Waals surface area contributed by atoms with Crippen LogP contribution >= 0.6 is 0 Å². The summed E-state index contributed by atoms with van der Waals surface area (Å²) in [5.41, 5.74) is 7.30. The summed E-state index contributed by atoms with van der Waals surface area (Å²) < 4.78 is 63.3. The van der Waals surface area contributed by atoms with Gasteiger partial charge in [0.1, 0.15) is 11.2 Å². The molecule has 0 amide bonds. The van der Waals surface area contributed by atoms with E-state index in [1.165, 1.54) is 0 Å². The highest BCUT2D eigenvalue weighted by Gasteiger charge is 2.18. The Bertz CT molecular complexity index is 4390. The monoisotopic (exact) mass is 833 g/mol. The Morgan fingerprint density at radius 1 is 0.308 bits per heavy atom. The third kappa shape index (κ3) is 6.42. The minimum absolute atomic E-state index is 0.0420. The van der Waals surface area contributed by atoms with Crippen molar-refractivity contribution >= 4 is 65.0 Å². The second-order valence-corrected chi connectivity index (χ2v) is 16.2. The molecule has 4 heteroatoms. The van der Waals surface area contributed by atoms with Gasteiger partial charge in [0.15, 0.2) is 17.5 Å². The maximum atomic E-state index is 9.79. The van der Waals surface area contributed by atoms with Crippen LogP contribution in [0.5, 0.6) is 0 Å². The average Bonchev–Trinajstić information content (AvgIpc) is 3.80. The van der Waals surface area contributed by atoms with Crippen LogP contribution in [-0.2, 0) is 0 Å². The highest BCUT2D eigenvalue weighted by molar-refractivity contribution is 6.12. The van der Waals surface area contributed by atoms with Gasteiger partial charge < -0.3 is 4.42 Å². The van der Waals surface area contributed by atoms with Crippen LogP contribution in [0.3, 0.4) is 0 Å². The van der Waals surface area contributed by atoms with Crippen molar-refractivity contribution in [3.8, 4) is 67.5 Å². The quantitative estimate of drug-likeness (QED) is 0.167. The summed E-state index contributed by atoms with van der Waals surface area (Å²) in [6, 6.07) is 60.2. The molecule has 13 rings (SSSR count). The predicted octanol–water partition coefficient (Wildman–Crippen LogP) is 16.4. The van der Waals surface area contributed by atoms with E-state index < -0.39 is 0 Å². The maximum Gasteiger partial charge on any atom is 0.164 e. The Labute approximate surface area is 383 Å². The summed E-state index contributed by atoms with van der Waals surface area (Å²) in [5, 5.41) is 7.88. The zero-order chi connectivity index (χ0) is 48.1. The lowest BCUT2D eigenvalue weighted by atomic mass is 9.92. The molecule has 13 aromatic rings. The summed E-state index contributed by atoms with van der Waals surface area (Å²) in [6.07, 6.45) is 0. The first kappa shape index (κ1) is 31.2. The fourth-order valence-corrected chi connectivity index (χ4v) is 9.19. The van der Waals surface area contributed by atoms with Crippen LogP contribution in [0.4, 0.5) is 0 Å². The van der Waals surface area contributed by atoms with Gasteiger partial charge in [0.2, 0.25) is 0 Å². The fourth-order valence-electron chi connectivity index (χ4n) is 9.19. The van der Waals surface area contributed by atoms with Crippen LogP contribution in [0.25, 0.3) is 133 Å². The minimum atomic E-state index is -0.372. The molecule has 0 bridgehead atoms. The summed E-state index contributed by atoms with van der Waals surface area (Å²) in [6.45, 7) is 0. The first-order chi connectivity index (χ1) is 34.7. The van der Waals surface area contributed by atoms with E-state index in [9.17, 15) is 8.22 Å². The molecule has 2 aromatic heterocycles. The van der Waals surface area contributed by atoms with Gasteiger partial charge in [-0.05, 0) is 125 Å². The first-order valence-corrected chi connectivity index (χ1v) is 21.5. The van der Waals surface area contributed by atoms with E-state index in [0.29, 0.717) is 16.7 Å². The number of fused-ring (bicyclic) bond motifs is 7. The fraction of sp³-hybridized carbons (Fsp3) is 0. The Balaban J connectivity index is 1.06. The molecule has 0 fully saturated rings. The third-order valence-electron chi connectivity index (χ3n) is 12.3. The molecule has 0 saturated heterocycles. The highest BCUT2D eigenvalue weighted by Crippen LogP contribution is 2.40. The molecule has 0 atom stereocenters. The van der Waals surface area contributed by atoms with Crippen molar-refractivity contribution in [2.24, 2.45) is 0 Å². The molecule has 0 radical (unpaired) electrons. The Kier molecular flexibility index (Phi) is 7.18. The van der Waals surface area contributed by atoms with E-state index in [1.54, 1.807) is 6.07 Å². The van der Waals surface area contributed by atoms with Crippen LogP contribution in [0.15, 0.2) is 229 Å². The lowest BCUT2D eigenvalue weighted by Gasteiger charge is -2.14. The number of aromatic nitrogens is 3. The van der Waals surface area contributed by atoms with E-state index >= 15 is 0 Å². The van der Waals surface area contributed by atoms with Crippen molar-refractivity contribution in [3.63, 3.8) is 0 Å². The Morgan fingerprint density at radius 2 is 0.877 bits per heavy atom. The molecule has 0 unspecified atom stereocenters. The topological polar surface area (TPSA) is 51.8 Å². The first-order valence-electron chi connectivity index (χ1n) is 24.5. The molecule has 0 N–H and O–H groups in total. The van der Waals surface area contributed by atoms with Crippen LogP contribution in [0.1, 0.15) is 8.22 Å². The van der Waals surface area contributed by atoms with Gasteiger partial charge in [0.25, 0.3) is 0 Å². The number of furan rings is 1. The van der Waals surface area contributed by atoms with Gasteiger partial charge in [-0.3, -0.25) is 0 Å². The van der Waals surface area contributed by atoms with Gasteiger partial charge in [-0.1, -0.05) is 176 Å². The average molecular weight is 834 g/mol.